The van der Waals surface area contributed by atoms with Crippen molar-refractivity contribution in [2.24, 2.45) is 0 Å². The van der Waals surface area contributed by atoms with Crippen molar-refractivity contribution in [2.75, 3.05) is 6.61 Å². The Morgan fingerprint density at radius 1 is 1.17 bits per heavy atom. The van der Waals surface area contributed by atoms with Crippen molar-refractivity contribution in [1.82, 2.24) is 0 Å². The molecule has 1 atom stereocenters. The van der Waals surface area contributed by atoms with Gasteiger partial charge in [-0.2, -0.15) is 0 Å². The Labute approximate surface area is 108 Å². The predicted octanol–water partition coefficient (Wildman–Crippen LogP) is 4.07. The lowest BCUT2D eigenvalue weighted by atomic mass is 10.0. The van der Waals surface area contributed by atoms with Gasteiger partial charge in [-0.25, -0.2) is 0 Å². The molecular weight excluding hydrogens is 224 g/mol. The molecule has 0 unspecified atom stereocenters. The second-order valence-electron chi connectivity index (χ2n) is 4.58. The summed E-state index contributed by atoms with van der Waals surface area (Å²) in [4.78, 5) is 0. The number of benzene rings is 2. The van der Waals surface area contributed by atoms with Crippen LogP contribution in [0.25, 0.3) is 10.8 Å². The van der Waals surface area contributed by atoms with E-state index in [9.17, 15) is 5.11 Å². The van der Waals surface area contributed by atoms with Crippen molar-refractivity contribution in [3.63, 3.8) is 0 Å². The summed E-state index contributed by atoms with van der Waals surface area (Å²) in [5, 5.41) is 12.1. The summed E-state index contributed by atoms with van der Waals surface area (Å²) in [5.41, 5.74) is 0.866. The molecule has 96 valence electrons. The van der Waals surface area contributed by atoms with Crippen molar-refractivity contribution in [2.45, 2.75) is 32.8 Å². The average Bonchev–Trinajstić information content (AvgIpc) is 2.38. The Morgan fingerprint density at radius 2 is 1.94 bits per heavy atom. The third-order valence-corrected chi connectivity index (χ3v) is 3.10. The zero-order valence-corrected chi connectivity index (χ0v) is 11.0. The lowest BCUT2D eigenvalue weighted by Crippen LogP contribution is -2.02. The molecule has 0 saturated heterocycles. The molecule has 0 saturated carbocycles. The normalized spacial score (nSPS) is 12.6. The fourth-order valence-electron chi connectivity index (χ4n) is 2.07. The van der Waals surface area contributed by atoms with Crippen molar-refractivity contribution < 1.29 is 9.84 Å². The van der Waals surface area contributed by atoms with Crippen molar-refractivity contribution in [1.29, 1.82) is 0 Å². The molecule has 1 N–H and O–H groups in total. The van der Waals surface area contributed by atoms with Gasteiger partial charge in [0.05, 0.1) is 12.7 Å². The van der Waals surface area contributed by atoms with Crippen molar-refractivity contribution in [3.8, 4) is 5.75 Å². The zero-order valence-electron chi connectivity index (χ0n) is 11.0. The highest BCUT2D eigenvalue weighted by atomic mass is 16.5. The fraction of sp³-hybridized carbons (Fsp3) is 0.375. The van der Waals surface area contributed by atoms with E-state index in [1.54, 1.807) is 6.92 Å². The van der Waals surface area contributed by atoms with Crippen molar-refractivity contribution in [3.05, 3.63) is 42.0 Å². The van der Waals surface area contributed by atoms with Gasteiger partial charge in [0, 0.05) is 10.9 Å². The quantitative estimate of drug-likeness (QED) is 0.803. The van der Waals surface area contributed by atoms with E-state index in [2.05, 4.69) is 13.0 Å². The van der Waals surface area contributed by atoms with Crippen LogP contribution >= 0.6 is 0 Å². The third-order valence-electron chi connectivity index (χ3n) is 3.10. The van der Waals surface area contributed by atoms with Gasteiger partial charge in [-0.15, -0.1) is 0 Å². The Balaban J connectivity index is 2.45. The lowest BCUT2D eigenvalue weighted by Gasteiger charge is -2.16. The molecule has 0 aliphatic carbocycles. The number of aliphatic hydroxyl groups excluding tert-OH is 1. The first kappa shape index (κ1) is 12.9. The molecule has 0 amide bonds. The minimum Gasteiger partial charge on any atom is -0.493 e. The molecule has 0 aliphatic rings. The lowest BCUT2D eigenvalue weighted by molar-refractivity contribution is 0.191. The van der Waals surface area contributed by atoms with Crippen LogP contribution in [0.5, 0.6) is 5.75 Å². The topological polar surface area (TPSA) is 29.5 Å². The molecule has 0 bridgehead atoms. The predicted molar refractivity (Wildman–Crippen MR) is 75.0 cm³/mol. The summed E-state index contributed by atoms with van der Waals surface area (Å²) in [6, 6.07) is 12.1. The maximum absolute atomic E-state index is 9.84. The fourth-order valence-corrected chi connectivity index (χ4v) is 2.07. The van der Waals surface area contributed by atoms with Gasteiger partial charge < -0.3 is 9.84 Å². The van der Waals surface area contributed by atoms with Gasteiger partial charge in [0.25, 0.3) is 0 Å². The minimum absolute atomic E-state index is 0.508. The van der Waals surface area contributed by atoms with E-state index in [1.165, 1.54) is 0 Å². The van der Waals surface area contributed by atoms with E-state index >= 15 is 0 Å². The third kappa shape index (κ3) is 2.65. The maximum Gasteiger partial charge on any atom is 0.132 e. The summed E-state index contributed by atoms with van der Waals surface area (Å²) in [7, 11) is 0. The summed E-state index contributed by atoms with van der Waals surface area (Å²) in [5.74, 6) is 0.830. The Bertz CT molecular complexity index is 517. The summed E-state index contributed by atoms with van der Waals surface area (Å²) >= 11 is 0. The molecule has 0 spiro atoms. The number of hydrogen-bond donors (Lipinski definition) is 1. The molecule has 0 fully saturated rings. The van der Waals surface area contributed by atoms with Gasteiger partial charge in [0.2, 0.25) is 0 Å². The number of hydrogen-bond acceptors (Lipinski definition) is 2. The molecule has 0 heterocycles. The first-order valence-corrected chi connectivity index (χ1v) is 6.56. The summed E-state index contributed by atoms with van der Waals surface area (Å²) in [6.45, 7) is 4.61. The standard InChI is InChI=1S/C16H20O2/c1-3-4-11-18-16-14(12(2)17)10-9-13-7-5-6-8-15(13)16/h5-10,12,17H,3-4,11H2,1-2H3/t12-/m1/s1. The molecule has 0 aromatic heterocycles. The van der Waals surface area contributed by atoms with E-state index in [0.29, 0.717) is 6.61 Å². The molecule has 2 aromatic rings. The molecule has 18 heavy (non-hydrogen) atoms. The second-order valence-corrected chi connectivity index (χ2v) is 4.58. The van der Waals surface area contributed by atoms with Crippen LogP contribution in [0.1, 0.15) is 38.4 Å². The smallest absolute Gasteiger partial charge is 0.132 e. The monoisotopic (exact) mass is 244 g/mol. The molecule has 2 rings (SSSR count). The van der Waals surface area contributed by atoms with Crippen LogP contribution < -0.4 is 4.74 Å². The van der Waals surface area contributed by atoms with Gasteiger partial charge in [-0.3, -0.25) is 0 Å². The SMILES string of the molecule is CCCCOc1c([C@@H](C)O)ccc2ccccc12. The molecule has 2 aromatic carbocycles. The molecule has 2 nitrogen and oxygen atoms in total. The van der Waals surface area contributed by atoms with Gasteiger partial charge >= 0.3 is 0 Å². The van der Waals surface area contributed by atoms with Gasteiger partial charge in [0.1, 0.15) is 5.75 Å². The maximum atomic E-state index is 9.84. The van der Waals surface area contributed by atoms with Crippen LogP contribution in [-0.4, -0.2) is 11.7 Å². The first-order valence-electron chi connectivity index (χ1n) is 6.56. The number of aliphatic hydroxyl groups is 1. The van der Waals surface area contributed by atoms with Crippen LogP contribution in [0, 0.1) is 0 Å². The van der Waals surface area contributed by atoms with E-state index in [1.807, 2.05) is 30.3 Å². The summed E-state index contributed by atoms with van der Waals surface area (Å²) in [6.07, 6.45) is 1.63. The largest absolute Gasteiger partial charge is 0.493 e. The minimum atomic E-state index is -0.508. The van der Waals surface area contributed by atoms with Crippen LogP contribution in [0.3, 0.4) is 0 Å². The Morgan fingerprint density at radius 3 is 2.67 bits per heavy atom. The van der Waals surface area contributed by atoms with Crippen LogP contribution in [0.2, 0.25) is 0 Å². The number of rotatable bonds is 5. The highest BCUT2D eigenvalue weighted by molar-refractivity contribution is 5.89. The molecule has 2 heteroatoms. The van der Waals surface area contributed by atoms with Crippen LogP contribution in [0.4, 0.5) is 0 Å². The van der Waals surface area contributed by atoms with Crippen molar-refractivity contribution >= 4 is 10.8 Å². The van der Waals surface area contributed by atoms with Gasteiger partial charge in [-0.05, 0) is 18.7 Å². The van der Waals surface area contributed by atoms with Crippen LogP contribution in [-0.2, 0) is 0 Å². The number of ether oxygens (including phenoxy) is 1. The van der Waals surface area contributed by atoms with Gasteiger partial charge in [0.15, 0.2) is 0 Å². The molecule has 0 radical (unpaired) electrons. The highest BCUT2D eigenvalue weighted by Crippen LogP contribution is 2.33. The molecule has 0 aliphatic heterocycles. The Kier molecular flexibility index (Phi) is 4.21. The first-order chi connectivity index (χ1) is 8.74. The zero-order chi connectivity index (χ0) is 13.0. The van der Waals surface area contributed by atoms with E-state index in [4.69, 9.17) is 4.74 Å². The molecular formula is C16H20O2. The van der Waals surface area contributed by atoms with E-state index in [0.717, 1.165) is 34.9 Å². The number of unbranched alkanes of at least 4 members (excludes halogenated alkanes) is 1. The highest BCUT2D eigenvalue weighted by Gasteiger charge is 2.12. The summed E-state index contributed by atoms with van der Waals surface area (Å²) < 4.78 is 5.89. The average molecular weight is 244 g/mol. The Hall–Kier alpha value is -1.54. The van der Waals surface area contributed by atoms with E-state index in [-0.39, 0.29) is 0 Å². The van der Waals surface area contributed by atoms with E-state index < -0.39 is 6.10 Å². The number of fused-ring (bicyclic) bond motifs is 1. The second kappa shape index (κ2) is 5.87. The van der Waals surface area contributed by atoms with Crippen LogP contribution in [0.15, 0.2) is 36.4 Å². The van der Waals surface area contributed by atoms with Gasteiger partial charge in [-0.1, -0.05) is 49.7 Å².